The Kier molecular flexibility index (Phi) is 20.0. The third-order valence-corrected chi connectivity index (χ3v) is 15.3. The van der Waals surface area contributed by atoms with E-state index < -0.39 is 23.3 Å². The van der Waals surface area contributed by atoms with Crippen LogP contribution in [0.5, 0.6) is 17.2 Å². The zero-order valence-electron chi connectivity index (χ0n) is 42.7. The molecule has 0 aromatic heterocycles. The van der Waals surface area contributed by atoms with Crippen LogP contribution in [0.1, 0.15) is 140 Å². The van der Waals surface area contributed by atoms with Crippen molar-refractivity contribution in [3.63, 3.8) is 0 Å². The number of benzene rings is 6. The molecular formula is C62H70Cl2F4O4. The van der Waals surface area contributed by atoms with Crippen LogP contribution in [0.2, 0.25) is 10.0 Å². The van der Waals surface area contributed by atoms with Gasteiger partial charge in [-0.25, -0.2) is 13.2 Å². The van der Waals surface area contributed by atoms with Gasteiger partial charge in [0.25, 0.3) is 0 Å². The lowest BCUT2D eigenvalue weighted by atomic mass is 9.79. The molecule has 2 aliphatic carbocycles. The quantitative estimate of drug-likeness (QED) is 0.115. The van der Waals surface area contributed by atoms with E-state index in [0.29, 0.717) is 65.8 Å². The first-order chi connectivity index (χ1) is 34.8. The molecule has 3 aliphatic rings. The summed E-state index contributed by atoms with van der Waals surface area (Å²) < 4.78 is 79.1. The second kappa shape index (κ2) is 26.3. The molecule has 0 bridgehead atoms. The van der Waals surface area contributed by atoms with Gasteiger partial charge in [0.1, 0.15) is 21.5 Å². The summed E-state index contributed by atoms with van der Waals surface area (Å²) >= 11 is 12.2. The molecule has 3 fully saturated rings. The Bertz CT molecular complexity index is 2360. The Morgan fingerprint density at radius 2 is 0.750 bits per heavy atom. The minimum Gasteiger partial charge on any atom is -0.492 e. The van der Waals surface area contributed by atoms with Gasteiger partial charge in [0.05, 0.1) is 25.9 Å². The van der Waals surface area contributed by atoms with Gasteiger partial charge in [-0.15, -0.1) is 0 Å². The van der Waals surface area contributed by atoms with Crippen LogP contribution in [0.3, 0.4) is 0 Å². The van der Waals surface area contributed by atoms with Crippen molar-refractivity contribution in [2.75, 3.05) is 26.4 Å². The van der Waals surface area contributed by atoms with Gasteiger partial charge in [0.2, 0.25) is 5.82 Å². The average Bonchev–Trinajstić information content (AvgIpc) is 3.40. The number of hydrogen-bond donors (Lipinski definition) is 0. The molecule has 2 unspecified atom stereocenters. The SMILES string of the molecule is CCOc1ccc(-c2ccc(C3CCC(C)CC3)cc2)c(F)c1Cl.CCOc1ccc(-c2ccc(C3CCC(C)CC3)cc2)c(F)c1Cl.CCOc1ccc(-c2ccc(C3CCC(C)CO3)cc2)c(F)c1F. The summed E-state index contributed by atoms with van der Waals surface area (Å²) in [5.74, 6) is 1.67. The molecule has 0 spiro atoms. The van der Waals surface area contributed by atoms with Gasteiger partial charge < -0.3 is 18.9 Å². The molecule has 1 aliphatic heterocycles. The zero-order chi connectivity index (χ0) is 51.3. The van der Waals surface area contributed by atoms with Gasteiger partial charge in [-0.3, -0.25) is 0 Å². The van der Waals surface area contributed by atoms with Gasteiger partial charge in [-0.05, 0) is 159 Å². The maximum atomic E-state index is 14.6. The molecule has 1 heterocycles. The van der Waals surface area contributed by atoms with E-state index in [2.05, 4.69) is 45.0 Å². The highest BCUT2D eigenvalue weighted by atomic mass is 35.5. The lowest BCUT2D eigenvalue weighted by Gasteiger charge is -2.27. The van der Waals surface area contributed by atoms with Crippen molar-refractivity contribution in [2.45, 2.75) is 124 Å². The molecule has 9 rings (SSSR count). The van der Waals surface area contributed by atoms with Crippen LogP contribution in [-0.4, -0.2) is 26.4 Å². The van der Waals surface area contributed by atoms with E-state index in [9.17, 15) is 17.6 Å². The summed E-state index contributed by atoms with van der Waals surface area (Å²) in [6, 6.07) is 34.0. The summed E-state index contributed by atoms with van der Waals surface area (Å²) in [7, 11) is 0. The smallest absolute Gasteiger partial charge is 0.201 e. The van der Waals surface area contributed by atoms with Gasteiger partial charge in [0.15, 0.2) is 23.2 Å². The first kappa shape index (κ1) is 54.7. The van der Waals surface area contributed by atoms with Gasteiger partial charge >= 0.3 is 0 Å². The molecule has 6 aromatic rings. The molecule has 6 aromatic carbocycles. The monoisotopic (exact) mass is 1020 g/mol. The van der Waals surface area contributed by atoms with Crippen molar-refractivity contribution < 1.29 is 36.5 Å². The van der Waals surface area contributed by atoms with Gasteiger partial charge in [-0.2, -0.15) is 4.39 Å². The van der Waals surface area contributed by atoms with E-state index in [1.807, 2.05) is 62.4 Å². The van der Waals surface area contributed by atoms with Crippen LogP contribution in [0.25, 0.3) is 33.4 Å². The fourth-order valence-corrected chi connectivity index (χ4v) is 10.6. The average molecular weight is 1030 g/mol. The van der Waals surface area contributed by atoms with Crippen molar-refractivity contribution in [2.24, 2.45) is 17.8 Å². The largest absolute Gasteiger partial charge is 0.492 e. The molecule has 2 saturated carbocycles. The molecule has 2 atom stereocenters. The summed E-state index contributed by atoms with van der Waals surface area (Å²) in [4.78, 5) is 0. The minimum atomic E-state index is -0.942. The lowest BCUT2D eigenvalue weighted by molar-refractivity contribution is -0.0123. The summed E-state index contributed by atoms with van der Waals surface area (Å²) in [5.41, 5.74) is 7.43. The van der Waals surface area contributed by atoms with Crippen molar-refractivity contribution >= 4 is 23.2 Å². The maximum absolute atomic E-state index is 14.6. The normalized spacial score (nSPS) is 20.8. The third-order valence-electron chi connectivity index (χ3n) is 14.6. The van der Waals surface area contributed by atoms with Gasteiger partial charge in [0, 0.05) is 23.3 Å². The van der Waals surface area contributed by atoms with Crippen LogP contribution in [0.15, 0.2) is 109 Å². The zero-order valence-corrected chi connectivity index (χ0v) is 44.2. The number of rotatable bonds is 12. The second-order valence-electron chi connectivity index (χ2n) is 19.8. The lowest BCUT2D eigenvalue weighted by Crippen LogP contribution is -2.18. The van der Waals surface area contributed by atoms with Crippen LogP contribution < -0.4 is 14.2 Å². The highest BCUT2D eigenvalue weighted by Crippen LogP contribution is 2.41. The molecule has 1 saturated heterocycles. The molecule has 4 nitrogen and oxygen atoms in total. The topological polar surface area (TPSA) is 36.9 Å². The molecule has 72 heavy (non-hydrogen) atoms. The molecule has 384 valence electrons. The predicted octanol–water partition coefficient (Wildman–Crippen LogP) is 19.2. The van der Waals surface area contributed by atoms with Crippen LogP contribution in [0, 0.1) is 41.0 Å². The Labute approximate surface area is 435 Å². The van der Waals surface area contributed by atoms with E-state index in [0.717, 1.165) is 48.0 Å². The summed E-state index contributed by atoms with van der Waals surface area (Å²) in [6.07, 6.45) is 12.5. The van der Waals surface area contributed by atoms with Crippen molar-refractivity contribution in [1.82, 2.24) is 0 Å². The predicted molar refractivity (Wildman–Crippen MR) is 287 cm³/mol. The number of hydrogen-bond acceptors (Lipinski definition) is 4. The van der Waals surface area contributed by atoms with Crippen molar-refractivity contribution in [1.29, 1.82) is 0 Å². The number of halogens is 6. The van der Waals surface area contributed by atoms with Gasteiger partial charge in [-0.1, -0.05) is 142 Å². The minimum absolute atomic E-state index is 0.0553. The summed E-state index contributed by atoms with van der Waals surface area (Å²) in [5, 5.41) is 0.111. The van der Waals surface area contributed by atoms with Crippen LogP contribution in [0.4, 0.5) is 17.6 Å². The van der Waals surface area contributed by atoms with E-state index in [1.54, 1.807) is 37.3 Å². The molecule has 10 heteroatoms. The van der Waals surface area contributed by atoms with E-state index in [1.165, 1.54) is 68.6 Å². The second-order valence-corrected chi connectivity index (χ2v) is 20.6. The Hall–Kier alpha value is -5.02. The van der Waals surface area contributed by atoms with Crippen molar-refractivity contribution in [3.05, 3.63) is 159 Å². The molecule has 0 radical (unpaired) electrons. The van der Waals surface area contributed by atoms with E-state index in [4.69, 9.17) is 42.1 Å². The first-order valence-corrected chi connectivity index (χ1v) is 26.8. The van der Waals surface area contributed by atoms with E-state index in [-0.39, 0.29) is 27.5 Å². The Morgan fingerprint density at radius 1 is 0.403 bits per heavy atom. The Balaban J connectivity index is 0.000000158. The molecule has 0 N–H and O–H groups in total. The standard InChI is InChI=1S/2C21H24ClFO.C20H22F2O2/c2*1-3-24-19-13-12-18(21(23)20(19)22)17-10-8-16(9-11-17)15-6-4-14(2)5-7-15;1-3-23-18-11-9-16(19(21)20(18)22)14-5-7-15(8-6-14)17-10-4-13(2)12-24-17/h2*8-15H,3-7H2,1-2H3;5-9,11,13,17H,3-4,10,12H2,1-2H3. The summed E-state index contributed by atoms with van der Waals surface area (Å²) in [6.45, 7) is 14.3. The first-order valence-electron chi connectivity index (χ1n) is 26.0. The molecule has 0 amide bonds. The highest BCUT2D eigenvalue weighted by molar-refractivity contribution is 6.32. The highest BCUT2D eigenvalue weighted by Gasteiger charge is 2.24. The number of ether oxygens (including phenoxy) is 4. The van der Waals surface area contributed by atoms with Crippen LogP contribution >= 0.6 is 23.2 Å². The molecular weight excluding hydrogens is 956 g/mol. The third kappa shape index (κ3) is 13.8. The van der Waals surface area contributed by atoms with Crippen LogP contribution in [-0.2, 0) is 4.74 Å². The van der Waals surface area contributed by atoms with E-state index >= 15 is 0 Å². The fourth-order valence-electron chi connectivity index (χ4n) is 10.1. The fraction of sp³-hybridized carbons (Fsp3) is 0.419. The maximum Gasteiger partial charge on any atom is 0.201 e. The van der Waals surface area contributed by atoms with Crippen molar-refractivity contribution in [3.8, 4) is 50.6 Å². The Morgan fingerprint density at radius 3 is 1.12 bits per heavy atom.